The second kappa shape index (κ2) is 7.02. The van der Waals surface area contributed by atoms with Gasteiger partial charge in [0.1, 0.15) is 0 Å². The lowest BCUT2D eigenvalue weighted by molar-refractivity contribution is 0.175. The van der Waals surface area contributed by atoms with Crippen LogP contribution in [0.3, 0.4) is 0 Å². The van der Waals surface area contributed by atoms with Crippen molar-refractivity contribution in [2.24, 2.45) is 0 Å². The second-order valence-electron chi connectivity index (χ2n) is 4.69. The van der Waals surface area contributed by atoms with Crippen LogP contribution in [0.1, 0.15) is 22.9 Å². The van der Waals surface area contributed by atoms with Gasteiger partial charge in [0.2, 0.25) is 0 Å². The first kappa shape index (κ1) is 13.7. The van der Waals surface area contributed by atoms with Crippen LogP contribution in [-0.4, -0.2) is 23.2 Å². The molecule has 1 aromatic carbocycles. The standard InChI is InChI=1S/C16H20N2O/c1-13-7-8-14(11-18-13)9-10-17-12-16(19)15-5-3-2-4-6-15/h2-8,11,16-17,19H,9-10,12H2,1H3. The van der Waals surface area contributed by atoms with Crippen molar-refractivity contribution in [1.82, 2.24) is 10.3 Å². The minimum Gasteiger partial charge on any atom is -0.387 e. The van der Waals surface area contributed by atoms with E-state index in [1.807, 2.05) is 49.5 Å². The van der Waals surface area contributed by atoms with Crippen LogP contribution < -0.4 is 5.32 Å². The third kappa shape index (κ3) is 4.47. The maximum atomic E-state index is 9.98. The molecule has 0 aliphatic carbocycles. The van der Waals surface area contributed by atoms with E-state index in [1.54, 1.807) is 0 Å². The Hall–Kier alpha value is -1.71. The molecule has 19 heavy (non-hydrogen) atoms. The molecule has 3 heteroatoms. The van der Waals surface area contributed by atoms with Crippen molar-refractivity contribution in [2.75, 3.05) is 13.1 Å². The Morgan fingerprint density at radius 2 is 1.95 bits per heavy atom. The summed E-state index contributed by atoms with van der Waals surface area (Å²) in [6.07, 6.45) is 2.39. The van der Waals surface area contributed by atoms with Gasteiger partial charge in [-0.15, -0.1) is 0 Å². The largest absolute Gasteiger partial charge is 0.387 e. The Kier molecular flexibility index (Phi) is 5.07. The van der Waals surface area contributed by atoms with Crippen LogP contribution in [-0.2, 0) is 6.42 Å². The van der Waals surface area contributed by atoms with Crippen LogP contribution >= 0.6 is 0 Å². The van der Waals surface area contributed by atoms with E-state index in [-0.39, 0.29) is 0 Å². The van der Waals surface area contributed by atoms with E-state index in [9.17, 15) is 5.11 Å². The van der Waals surface area contributed by atoms with Gasteiger partial charge in [-0.1, -0.05) is 36.4 Å². The highest BCUT2D eigenvalue weighted by atomic mass is 16.3. The molecule has 2 N–H and O–H groups in total. The van der Waals surface area contributed by atoms with E-state index >= 15 is 0 Å². The lowest BCUT2D eigenvalue weighted by Gasteiger charge is -2.12. The van der Waals surface area contributed by atoms with Gasteiger partial charge in [0.15, 0.2) is 0 Å². The second-order valence-corrected chi connectivity index (χ2v) is 4.69. The number of nitrogens with one attached hydrogen (secondary N) is 1. The van der Waals surface area contributed by atoms with Crippen LogP contribution in [0.25, 0.3) is 0 Å². The molecule has 3 nitrogen and oxygen atoms in total. The zero-order chi connectivity index (χ0) is 13.5. The van der Waals surface area contributed by atoms with Gasteiger partial charge in [-0.3, -0.25) is 4.98 Å². The summed E-state index contributed by atoms with van der Waals surface area (Å²) >= 11 is 0. The number of aliphatic hydroxyl groups excluding tert-OH is 1. The average molecular weight is 256 g/mol. The monoisotopic (exact) mass is 256 g/mol. The molecule has 0 saturated heterocycles. The van der Waals surface area contributed by atoms with Crippen molar-refractivity contribution in [1.29, 1.82) is 0 Å². The smallest absolute Gasteiger partial charge is 0.0914 e. The fourth-order valence-electron chi connectivity index (χ4n) is 1.91. The van der Waals surface area contributed by atoms with Crippen molar-refractivity contribution in [3.63, 3.8) is 0 Å². The van der Waals surface area contributed by atoms with Crippen LogP contribution in [0.2, 0.25) is 0 Å². The van der Waals surface area contributed by atoms with Gasteiger partial charge in [0.05, 0.1) is 6.10 Å². The van der Waals surface area contributed by atoms with Gasteiger partial charge >= 0.3 is 0 Å². The molecule has 1 heterocycles. The lowest BCUT2D eigenvalue weighted by atomic mass is 10.1. The van der Waals surface area contributed by atoms with E-state index in [0.29, 0.717) is 6.54 Å². The molecule has 1 unspecified atom stereocenters. The summed E-state index contributed by atoms with van der Waals surface area (Å²) < 4.78 is 0. The number of pyridine rings is 1. The van der Waals surface area contributed by atoms with Crippen molar-refractivity contribution in [3.05, 3.63) is 65.5 Å². The maximum absolute atomic E-state index is 9.98. The number of benzene rings is 1. The molecule has 2 aromatic rings. The summed E-state index contributed by atoms with van der Waals surface area (Å²) in [6, 6.07) is 13.8. The highest BCUT2D eigenvalue weighted by molar-refractivity contribution is 5.17. The zero-order valence-corrected chi connectivity index (χ0v) is 11.2. The molecule has 0 bridgehead atoms. The molecule has 0 saturated carbocycles. The van der Waals surface area contributed by atoms with E-state index < -0.39 is 6.10 Å². The third-order valence-electron chi connectivity index (χ3n) is 3.09. The number of aliphatic hydroxyl groups is 1. The van der Waals surface area contributed by atoms with Crippen LogP contribution in [0.5, 0.6) is 0 Å². The Labute approximate surface area is 114 Å². The molecule has 2 rings (SSSR count). The summed E-state index contributed by atoms with van der Waals surface area (Å²) in [7, 11) is 0. The summed E-state index contributed by atoms with van der Waals surface area (Å²) in [5.74, 6) is 0. The molecule has 0 aliphatic heterocycles. The number of hydrogen-bond donors (Lipinski definition) is 2. The van der Waals surface area contributed by atoms with Gasteiger partial charge in [-0.2, -0.15) is 0 Å². The minimum atomic E-state index is -0.447. The molecule has 1 atom stereocenters. The fraction of sp³-hybridized carbons (Fsp3) is 0.312. The molecular weight excluding hydrogens is 236 g/mol. The van der Waals surface area contributed by atoms with Crippen LogP contribution in [0, 0.1) is 6.92 Å². The minimum absolute atomic E-state index is 0.447. The summed E-state index contributed by atoms with van der Waals surface area (Å²) in [5, 5.41) is 13.2. The predicted molar refractivity (Wildman–Crippen MR) is 76.9 cm³/mol. The van der Waals surface area contributed by atoms with E-state index in [2.05, 4.69) is 16.4 Å². The highest BCUT2D eigenvalue weighted by Gasteiger charge is 2.05. The number of aromatic nitrogens is 1. The van der Waals surface area contributed by atoms with Gasteiger partial charge in [-0.25, -0.2) is 0 Å². The first-order chi connectivity index (χ1) is 9.25. The molecule has 0 amide bonds. The Morgan fingerprint density at radius 3 is 2.63 bits per heavy atom. The summed E-state index contributed by atoms with van der Waals surface area (Å²) in [5.41, 5.74) is 3.20. The Morgan fingerprint density at radius 1 is 1.16 bits per heavy atom. The topological polar surface area (TPSA) is 45.1 Å². The van der Waals surface area contributed by atoms with Gasteiger partial charge in [-0.05, 0) is 37.1 Å². The first-order valence-electron chi connectivity index (χ1n) is 6.61. The number of nitrogens with zero attached hydrogens (tertiary/aromatic N) is 1. The lowest BCUT2D eigenvalue weighted by Crippen LogP contribution is -2.23. The van der Waals surface area contributed by atoms with E-state index in [1.165, 1.54) is 5.56 Å². The normalized spacial score (nSPS) is 12.3. The quantitative estimate of drug-likeness (QED) is 0.779. The van der Waals surface area contributed by atoms with Crippen molar-refractivity contribution >= 4 is 0 Å². The third-order valence-corrected chi connectivity index (χ3v) is 3.09. The molecule has 0 aliphatic rings. The van der Waals surface area contributed by atoms with Gasteiger partial charge < -0.3 is 10.4 Å². The average Bonchev–Trinajstić information content (AvgIpc) is 2.46. The van der Waals surface area contributed by atoms with Crippen molar-refractivity contribution < 1.29 is 5.11 Å². The molecule has 0 radical (unpaired) electrons. The van der Waals surface area contributed by atoms with Crippen LogP contribution in [0.15, 0.2) is 48.7 Å². The predicted octanol–water partition coefficient (Wildman–Crippen LogP) is 2.26. The van der Waals surface area contributed by atoms with Crippen molar-refractivity contribution in [3.8, 4) is 0 Å². The molecule has 0 spiro atoms. The SMILES string of the molecule is Cc1ccc(CCNCC(O)c2ccccc2)cn1. The molecule has 1 aromatic heterocycles. The number of rotatable bonds is 6. The van der Waals surface area contributed by atoms with Gasteiger partial charge in [0.25, 0.3) is 0 Å². The van der Waals surface area contributed by atoms with Crippen LogP contribution in [0.4, 0.5) is 0 Å². The summed E-state index contributed by atoms with van der Waals surface area (Å²) in [6.45, 7) is 3.40. The molecular formula is C16H20N2O. The summed E-state index contributed by atoms with van der Waals surface area (Å²) in [4.78, 5) is 4.26. The number of hydrogen-bond acceptors (Lipinski definition) is 3. The zero-order valence-electron chi connectivity index (χ0n) is 11.2. The van der Waals surface area contributed by atoms with Crippen molar-refractivity contribution in [2.45, 2.75) is 19.4 Å². The Bertz CT molecular complexity index is 482. The molecule has 0 fully saturated rings. The first-order valence-corrected chi connectivity index (χ1v) is 6.61. The highest BCUT2D eigenvalue weighted by Crippen LogP contribution is 2.10. The Balaban J connectivity index is 1.71. The molecule has 100 valence electrons. The number of aryl methyl sites for hydroxylation is 1. The van der Waals surface area contributed by atoms with E-state index in [4.69, 9.17) is 0 Å². The maximum Gasteiger partial charge on any atom is 0.0914 e. The fourth-order valence-corrected chi connectivity index (χ4v) is 1.91. The van der Waals surface area contributed by atoms with E-state index in [0.717, 1.165) is 24.2 Å². The van der Waals surface area contributed by atoms with Gasteiger partial charge in [0, 0.05) is 18.4 Å².